The van der Waals surface area contributed by atoms with Crippen LogP contribution in [0.2, 0.25) is 0 Å². The Morgan fingerprint density at radius 2 is 1.73 bits per heavy atom. The first kappa shape index (κ1) is 7.65. The second-order valence-corrected chi connectivity index (χ2v) is 2.40. The van der Waals surface area contributed by atoms with Crippen LogP contribution in [0.25, 0.3) is 0 Å². The smallest absolute Gasteiger partial charge is 0.293 e. The lowest BCUT2D eigenvalue weighted by Gasteiger charge is -2.02. The summed E-state index contributed by atoms with van der Waals surface area (Å²) in [5.41, 5.74) is 0.235. The van der Waals surface area contributed by atoms with Crippen LogP contribution in [0.5, 0.6) is 11.6 Å². The van der Waals surface area contributed by atoms with Crippen LogP contribution in [0.1, 0.15) is 11.1 Å². The third-order valence-corrected chi connectivity index (χ3v) is 1.72. The average molecular weight is 155 g/mol. The Hall–Kier alpha value is -1.45. The van der Waals surface area contributed by atoms with Gasteiger partial charge >= 0.3 is 0 Å². The normalized spacial score (nSPS) is 10.0. The molecule has 1 heterocycles. The van der Waals surface area contributed by atoms with Crippen molar-refractivity contribution in [3.63, 3.8) is 0 Å². The van der Waals surface area contributed by atoms with Gasteiger partial charge in [-0.05, 0) is 13.8 Å². The zero-order valence-electron chi connectivity index (χ0n) is 6.30. The lowest BCUT2D eigenvalue weighted by atomic mass is 10.1. The summed E-state index contributed by atoms with van der Waals surface area (Å²) in [6, 6.07) is 0. The predicted molar refractivity (Wildman–Crippen MR) is 39.9 cm³/mol. The molecule has 4 nitrogen and oxygen atoms in total. The fourth-order valence-corrected chi connectivity index (χ4v) is 0.786. The lowest BCUT2D eigenvalue weighted by molar-refractivity contribution is 0.427. The summed E-state index contributed by atoms with van der Waals surface area (Å²) >= 11 is 0. The van der Waals surface area contributed by atoms with Gasteiger partial charge in [0.05, 0.1) is 0 Å². The number of aromatic amines is 1. The van der Waals surface area contributed by atoms with Crippen molar-refractivity contribution in [2.24, 2.45) is 0 Å². The van der Waals surface area contributed by atoms with Crippen LogP contribution in [0.3, 0.4) is 0 Å². The number of hydrogen-bond acceptors (Lipinski definition) is 3. The molecule has 0 amide bonds. The summed E-state index contributed by atoms with van der Waals surface area (Å²) in [5, 5.41) is 18.1. The standard InChI is InChI=1S/C7H9NO3/c1-3-4(2)6(10)8-7(11)5(3)9/h9H,1-2H3,(H2,8,10,11). The van der Waals surface area contributed by atoms with Gasteiger partial charge in [-0.2, -0.15) is 0 Å². The maximum atomic E-state index is 10.7. The fourth-order valence-electron chi connectivity index (χ4n) is 0.786. The molecule has 1 rings (SSSR count). The summed E-state index contributed by atoms with van der Waals surface area (Å²) in [4.78, 5) is 12.8. The largest absolute Gasteiger partial charge is 0.503 e. The van der Waals surface area contributed by atoms with Gasteiger partial charge < -0.3 is 10.2 Å². The van der Waals surface area contributed by atoms with E-state index in [9.17, 15) is 4.79 Å². The van der Waals surface area contributed by atoms with Crippen molar-refractivity contribution in [2.45, 2.75) is 13.8 Å². The molecule has 0 bridgehead atoms. The Morgan fingerprint density at radius 3 is 2.27 bits per heavy atom. The second kappa shape index (κ2) is 2.30. The molecule has 0 saturated heterocycles. The Kier molecular flexibility index (Phi) is 1.60. The van der Waals surface area contributed by atoms with E-state index in [0.717, 1.165) is 0 Å². The molecule has 0 atom stereocenters. The van der Waals surface area contributed by atoms with E-state index < -0.39 is 5.56 Å². The third-order valence-electron chi connectivity index (χ3n) is 1.72. The van der Waals surface area contributed by atoms with E-state index in [1.165, 1.54) is 0 Å². The molecule has 0 saturated carbocycles. The highest BCUT2D eigenvalue weighted by molar-refractivity contribution is 5.40. The highest BCUT2D eigenvalue weighted by atomic mass is 16.3. The van der Waals surface area contributed by atoms with Crippen molar-refractivity contribution >= 4 is 0 Å². The van der Waals surface area contributed by atoms with Crippen LogP contribution in [0.4, 0.5) is 0 Å². The van der Waals surface area contributed by atoms with Gasteiger partial charge in [0.2, 0.25) is 0 Å². The molecule has 11 heavy (non-hydrogen) atoms. The van der Waals surface area contributed by atoms with Crippen LogP contribution < -0.4 is 5.56 Å². The van der Waals surface area contributed by atoms with Crippen LogP contribution in [-0.4, -0.2) is 15.2 Å². The summed E-state index contributed by atoms with van der Waals surface area (Å²) in [6.45, 7) is 3.18. The molecule has 1 aromatic rings. The van der Waals surface area contributed by atoms with E-state index in [1.54, 1.807) is 13.8 Å². The van der Waals surface area contributed by atoms with Gasteiger partial charge in [-0.1, -0.05) is 0 Å². The molecule has 0 aliphatic carbocycles. The molecule has 0 aliphatic rings. The van der Waals surface area contributed by atoms with E-state index in [4.69, 9.17) is 10.2 Å². The molecule has 0 aromatic carbocycles. The van der Waals surface area contributed by atoms with E-state index in [2.05, 4.69) is 4.98 Å². The molecular formula is C7H9NO3. The number of hydrogen-bond donors (Lipinski definition) is 3. The lowest BCUT2D eigenvalue weighted by Crippen LogP contribution is -2.07. The van der Waals surface area contributed by atoms with Gasteiger partial charge in [-0.15, -0.1) is 0 Å². The van der Waals surface area contributed by atoms with E-state index in [0.29, 0.717) is 11.1 Å². The highest BCUT2D eigenvalue weighted by Gasteiger charge is 2.07. The topological polar surface area (TPSA) is 73.3 Å². The Bertz CT molecular complexity index is 340. The first-order valence-corrected chi connectivity index (χ1v) is 3.15. The first-order valence-electron chi connectivity index (χ1n) is 3.15. The Labute approximate surface area is 63.1 Å². The van der Waals surface area contributed by atoms with E-state index in [-0.39, 0.29) is 11.6 Å². The van der Waals surface area contributed by atoms with Crippen molar-refractivity contribution in [1.82, 2.24) is 4.98 Å². The minimum Gasteiger partial charge on any atom is -0.503 e. The quantitative estimate of drug-likeness (QED) is 0.507. The number of H-pyrrole nitrogens is 1. The molecule has 0 radical (unpaired) electrons. The number of pyridine rings is 1. The van der Waals surface area contributed by atoms with E-state index in [1.807, 2.05) is 0 Å². The Balaban J connectivity index is 3.59. The van der Waals surface area contributed by atoms with Crippen molar-refractivity contribution in [3.8, 4) is 11.6 Å². The van der Waals surface area contributed by atoms with Crippen LogP contribution >= 0.6 is 0 Å². The summed E-state index contributed by atoms with van der Waals surface area (Å²) in [7, 11) is 0. The van der Waals surface area contributed by atoms with Crippen molar-refractivity contribution in [2.75, 3.05) is 0 Å². The SMILES string of the molecule is Cc1c(O)[nH]c(=O)c(O)c1C. The average Bonchev–Trinajstić information content (AvgIpc) is 1.97. The molecular weight excluding hydrogens is 146 g/mol. The summed E-state index contributed by atoms with van der Waals surface area (Å²) in [6.07, 6.45) is 0. The van der Waals surface area contributed by atoms with Gasteiger partial charge in [0.1, 0.15) is 0 Å². The monoisotopic (exact) mass is 155 g/mol. The highest BCUT2D eigenvalue weighted by Crippen LogP contribution is 2.20. The molecule has 0 aliphatic heterocycles. The zero-order valence-corrected chi connectivity index (χ0v) is 6.30. The fraction of sp³-hybridized carbons (Fsp3) is 0.286. The first-order chi connectivity index (χ1) is 5.04. The molecule has 0 unspecified atom stereocenters. The van der Waals surface area contributed by atoms with Gasteiger partial charge in [0, 0.05) is 11.1 Å². The maximum Gasteiger partial charge on any atom is 0.293 e. The number of aromatic nitrogens is 1. The maximum absolute atomic E-state index is 10.7. The van der Waals surface area contributed by atoms with Crippen molar-refractivity contribution in [3.05, 3.63) is 21.5 Å². The van der Waals surface area contributed by atoms with E-state index >= 15 is 0 Å². The molecule has 1 aromatic heterocycles. The number of nitrogens with one attached hydrogen (secondary N) is 1. The molecule has 0 spiro atoms. The van der Waals surface area contributed by atoms with Gasteiger partial charge in [0.25, 0.3) is 5.56 Å². The molecule has 4 heteroatoms. The van der Waals surface area contributed by atoms with Crippen LogP contribution in [-0.2, 0) is 0 Å². The van der Waals surface area contributed by atoms with Crippen LogP contribution in [0.15, 0.2) is 4.79 Å². The number of aromatic hydroxyl groups is 2. The Morgan fingerprint density at radius 1 is 1.18 bits per heavy atom. The zero-order chi connectivity index (χ0) is 8.59. The van der Waals surface area contributed by atoms with Crippen LogP contribution in [0, 0.1) is 13.8 Å². The molecule has 0 fully saturated rings. The third kappa shape index (κ3) is 1.07. The molecule has 3 N–H and O–H groups in total. The summed E-state index contributed by atoms with van der Waals surface area (Å²) in [5.74, 6) is -0.523. The van der Waals surface area contributed by atoms with Gasteiger partial charge in [0.15, 0.2) is 11.6 Å². The number of rotatable bonds is 0. The summed E-state index contributed by atoms with van der Waals surface area (Å²) < 4.78 is 0. The second-order valence-electron chi connectivity index (χ2n) is 2.40. The minimum atomic E-state index is -0.661. The minimum absolute atomic E-state index is 0.190. The van der Waals surface area contributed by atoms with Gasteiger partial charge in [-0.3, -0.25) is 9.78 Å². The van der Waals surface area contributed by atoms with Crippen molar-refractivity contribution < 1.29 is 10.2 Å². The van der Waals surface area contributed by atoms with Gasteiger partial charge in [-0.25, -0.2) is 0 Å². The predicted octanol–water partition coefficient (Wildman–Crippen LogP) is 0.403. The van der Waals surface area contributed by atoms with Crippen molar-refractivity contribution in [1.29, 1.82) is 0 Å². The molecule has 60 valence electrons.